The molecule has 1 N–H and O–H groups in total. The summed E-state index contributed by atoms with van der Waals surface area (Å²) in [7, 11) is 0. The van der Waals surface area contributed by atoms with Crippen molar-refractivity contribution in [2.75, 3.05) is 0 Å². The molecule has 1 amide bonds. The minimum absolute atomic E-state index is 0.211. The molecule has 1 fully saturated rings. The third kappa shape index (κ3) is 4.88. The molecular formula is C11H20N2O2S. The van der Waals surface area contributed by atoms with E-state index < -0.39 is 5.60 Å². The lowest BCUT2D eigenvalue weighted by Crippen LogP contribution is -2.41. The molecule has 92 valence electrons. The van der Waals surface area contributed by atoms with E-state index in [-0.39, 0.29) is 12.1 Å². The van der Waals surface area contributed by atoms with E-state index in [2.05, 4.69) is 22.1 Å². The molecular weight excluding hydrogens is 224 g/mol. The average Bonchev–Trinajstić information content (AvgIpc) is 2.16. The largest absolute Gasteiger partial charge is 0.444 e. The van der Waals surface area contributed by atoms with E-state index in [1.54, 1.807) is 0 Å². The molecule has 0 aromatic carbocycles. The smallest absolute Gasteiger partial charge is 0.407 e. The van der Waals surface area contributed by atoms with E-state index in [9.17, 15) is 4.79 Å². The van der Waals surface area contributed by atoms with Gasteiger partial charge >= 0.3 is 6.09 Å². The van der Waals surface area contributed by atoms with Gasteiger partial charge in [-0.25, -0.2) is 9.16 Å². The van der Waals surface area contributed by atoms with E-state index in [0.29, 0.717) is 6.04 Å². The fourth-order valence-electron chi connectivity index (χ4n) is 1.80. The van der Waals surface area contributed by atoms with E-state index >= 15 is 0 Å². The number of alkyl carbamates (subject to hydrolysis) is 1. The second-order valence-electron chi connectivity index (χ2n) is 5.26. The molecule has 0 aromatic rings. The first kappa shape index (κ1) is 13.4. The maximum atomic E-state index is 11.5. The van der Waals surface area contributed by atoms with Crippen molar-refractivity contribution in [2.24, 2.45) is 4.36 Å². The first-order valence-corrected chi connectivity index (χ1v) is 6.09. The van der Waals surface area contributed by atoms with Crippen LogP contribution in [0.2, 0.25) is 0 Å². The lowest BCUT2D eigenvalue weighted by molar-refractivity contribution is 0.0491. The van der Waals surface area contributed by atoms with Gasteiger partial charge < -0.3 is 10.1 Å². The van der Waals surface area contributed by atoms with Gasteiger partial charge in [-0.3, -0.25) is 0 Å². The zero-order valence-corrected chi connectivity index (χ0v) is 11.0. The zero-order chi connectivity index (χ0) is 12.2. The van der Waals surface area contributed by atoms with Gasteiger partial charge in [0.1, 0.15) is 5.60 Å². The SMILES string of the molecule is CC(C)(C)OC(=O)N[C@H]1CC[C@H](N=S)CC1. The molecule has 0 spiro atoms. The number of nitrogens with zero attached hydrogens (tertiary/aromatic N) is 1. The molecule has 0 radical (unpaired) electrons. The number of rotatable bonds is 2. The molecule has 5 heteroatoms. The number of hydrogen-bond donors (Lipinski definition) is 1. The van der Waals surface area contributed by atoms with Crippen molar-refractivity contribution in [3.8, 4) is 0 Å². The summed E-state index contributed by atoms with van der Waals surface area (Å²) in [5.41, 5.74) is -0.433. The Bertz CT molecular complexity index is 255. The quantitative estimate of drug-likeness (QED) is 0.812. The average molecular weight is 244 g/mol. The maximum Gasteiger partial charge on any atom is 0.407 e. The van der Waals surface area contributed by atoms with Crippen molar-refractivity contribution in [2.45, 2.75) is 64.1 Å². The van der Waals surface area contributed by atoms with Crippen molar-refractivity contribution in [3.63, 3.8) is 0 Å². The molecule has 1 aliphatic carbocycles. The Morgan fingerprint density at radius 1 is 1.31 bits per heavy atom. The Balaban J connectivity index is 2.28. The van der Waals surface area contributed by atoms with Crippen molar-refractivity contribution in [1.82, 2.24) is 5.32 Å². The Morgan fingerprint density at radius 2 is 1.88 bits per heavy atom. The third-order valence-corrected chi connectivity index (χ3v) is 2.86. The highest BCUT2D eigenvalue weighted by Crippen LogP contribution is 2.21. The van der Waals surface area contributed by atoms with E-state index in [1.807, 2.05) is 20.8 Å². The predicted molar refractivity (Wildman–Crippen MR) is 65.2 cm³/mol. The van der Waals surface area contributed by atoms with Crippen molar-refractivity contribution >= 4 is 18.5 Å². The fourth-order valence-corrected chi connectivity index (χ4v) is 2.01. The van der Waals surface area contributed by atoms with Crippen LogP contribution < -0.4 is 5.32 Å². The van der Waals surface area contributed by atoms with E-state index in [1.165, 1.54) is 0 Å². The molecule has 0 unspecified atom stereocenters. The summed E-state index contributed by atoms with van der Waals surface area (Å²) in [4.78, 5) is 11.5. The Kier molecular flexibility index (Phi) is 4.65. The third-order valence-electron chi connectivity index (χ3n) is 2.57. The molecule has 16 heavy (non-hydrogen) atoms. The highest BCUT2D eigenvalue weighted by atomic mass is 32.1. The van der Waals surface area contributed by atoms with Gasteiger partial charge in [-0.2, -0.15) is 0 Å². The molecule has 0 aliphatic heterocycles. The summed E-state index contributed by atoms with van der Waals surface area (Å²) < 4.78 is 9.06. The van der Waals surface area contributed by atoms with Gasteiger partial charge in [0.25, 0.3) is 0 Å². The maximum absolute atomic E-state index is 11.5. The summed E-state index contributed by atoms with van der Waals surface area (Å²) >= 11 is 4.68. The van der Waals surface area contributed by atoms with Crippen molar-refractivity contribution in [1.29, 1.82) is 0 Å². The first-order chi connectivity index (χ1) is 7.40. The topological polar surface area (TPSA) is 50.7 Å². The van der Waals surface area contributed by atoms with Crippen LogP contribution in [-0.2, 0) is 17.2 Å². The molecule has 4 nitrogen and oxygen atoms in total. The summed E-state index contributed by atoms with van der Waals surface area (Å²) in [6.07, 6.45) is 3.47. The van der Waals surface area contributed by atoms with Crippen LogP contribution in [0.4, 0.5) is 4.79 Å². The zero-order valence-electron chi connectivity index (χ0n) is 10.2. The molecule has 0 atom stereocenters. The van der Waals surface area contributed by atoms with Crippen LogP contribution in [0, 0.1) is 0 Å². The standard InChI is InChI=1S/C11H20N2O2S/c1-11(2,3)15-10(14)12-8-4-6-9(13-16)7-5-8/h8-9H,4-7H2,1-3H3,(H,12,14)/t8-,9-. The van der Waals surface area contributed by atoms with Gasteiger partial charge in [0.2, 0.25) is 0 Å². The Hall–Kier alpha value is -0.710. The minimum atomic E-state index is -0.433. The molecule has 1 rings (SSSR count). The van der Waals surface area contributed by atoms with Crippen LogP contribution in [0.15, 0.2) is 4.36 Å². The number of carbonyl (C=O) groups excluding carboxylic acids is 1. The van der Waals surface area contributed by atoms with E-state index in [4.69, 9.17) is 4.74 Å². The van der Waals surface area contributed by atoms with Gasteiger partial charge in [-0.15, -0.1) is 0 Å². The summed E-state index contributed by atoms with van der Waals surface area (Å²) in [5, 5.41) is 2.88. The highest BCUT2D eigenvalue weighted by Gasteiger charge is 2.24. The lowest BCUT2D eigenvalue weighted by atomic mass is 9.92. The molecule has 0 bridgehead atoms. The molecule has 0 saturated heterocycles. The Morgan fingerprint density at radius 3 is 2.31 bits per heavy atom. The van der Waals surface area contributed by atoms with Gasteiger partial charge in [0.05, 0.1) is 6.04 Å². The summed E-state index contributed by atoms with van der Waals surface area (Å²) in [6.45, 7) is 5.58. The van der Waals surface area contributed by atoms with Crippen LogP contribution in [0.3, 0.4) is 0 Å². The predicted octanol–water partition coefficient (Wildman–Crippen LogP) is 2.55. The minimum Gasteiger partial charge on any atom is -0.444 e. The Labute approximate surface area is 102 Å². The monoisotopic (exact) mass is 244 g/mol. The van der Waals surface area contributed by atoms with Gasteiger partial charge in [0, 0.05) is 18.5 Å². The molecule has 0 aromatic heterocycles. The van der Waals surface area contributed by atoms with Gasteiger partial charge in [-0.1, -0.05) is 0 Å². The van der Waals surface area contributed by atoms with Gasteiger partial charge in [0.15, 0.2) is 0 Å². The van der Waals surface area contributed by atoms with Crippen LogP contribution in [-0.4, -0.2) is 23.8 Å². The van der Waals surface area contributed by atoms with E-state index in [0.717, 1.165) is 25.7 Å². The number of amides is 1. The van der Waals surface area contributed by atoms with Crippen LogP contribution in [0.1, 0.15) is 46.5 Å². The molecule has 0 heterocycles. The highest BCUT2D eigenvalue weighted by molar-refractivity contribution is 7.47. The van der Waals surface area contributed by atoms with Crippen LogP contribution in [0.5, 0.6) is 0 Å². The number of hydrogen-bond acceptors (Lipinski definition) is 4. The second-order valence-corrected chi connectivity index (χ2v) is 5.47. The summed E-state index contributed by atoms with van der Waals surface area (Å²) in [5.74, 6) is 0. The second kappa shape index (κ2) is 5.57. The fraction of sp³-hybridized carbons (Fsp3) is 0.909. The van der Waals surface area contributed by atoms with Crippen molar-refractivity contribution in [3.05, 3.63) is 0 Å². The van der Waals surface area contributed by atoms with Gasteiger partial charge in [-0.05, 0) is 46.5 Å². The summed E-state index contributed by atoms with van der Waals surface area (Å²) in [6, 6.07) is 0.509. The van der Waals surface area contributed by atoms with Crippen molar-refractivity contribution < 1.29 is 9.53 Å². The molecule has 1 saturated carbocycles. The van der Waals surface area contributed by atoms with Crippen LogP contribution in [0.25, 0.3) is 0 Å². The lowest BCUT2D eigenvalue weighted by Gasteiger charge is -2.27. The normalized spacial score (nSPS) is 25.9. The first-order valence-electron chi connectivity index (χ1n) is 5.72. The molecule has 1 aliphatic rings. The van der Waals surface area contributed by atoms with Crippen LogP contribution >= 0.6 is 0 Å². The number of nitrogens with one attached hydrogen (secondary N) is 1. The number of carbonyl (C=O) groups is 1. The number of ether oxygens (including phenoxy) is 1.